The largest absolute Gasteiger partial charge is 0.377 e. The highest BCUT2D eigenvalue weighted by atomic mass is 16.6. The van der Waals surface area contributed by atoms with Gasteiger partial charge < -0.3 is 14.7 Å². The van der Waals surface area contributed by atoms with Crippen molar-refractivity contribution in [3.05, 3.63) is 33.9 Å². The van der Waals surface area contributed by atoms with Crippen LogP contribution in [0, 0.1) is 10.1 Å². The van der Waals surface area contributed by atoms with Crippen LogP contribution in [0.4, 0.5) is 11.4 Å². The molecule has 132 valence electrons. The monoisotopic (exact) mass is 336 g/mol. The average molecular weight is 336 g/mol. The van der Waals surface area contributed by atoms with Crippen molar-refractivity contribution in [1.29, 1.82) is 0 Å². The van der Waals surface area contributed by atoms with Crippen LogP contribution in [0.2, 0.25) is 0 Å². The number of nitrogens with zero attached hydrogens (tertiary/aromatic N) is 4. The Hall–Kier alpha value is -2.64. The average Bonchev–Trinajstić information content (AvgIpc) is 2.54. The molecule has 2 amide bonds. The highest BCUT2D eigenvalue weighted by Crippen LogP contribution is 2.25. The van der Waals surface area contributed by atoms with Gasteiger partial charge in [0.2, 0.25) is 5.91 Å². The number of nitro groups is 1. The molecule has 0 saturated heterocycles. The fourth-order valence-electron chi connectivity index (χ4n) is 2.36. The van der Waals surface area contributed by atoms with Crippen LogP contribution in [0.5, 0.6) is 0 Å². The number of rotatable bonds is 7. The number of likely N-dealkylation sites (N-methyl/N-ethyl adjacent to an activating group) is 2. The lowest BCUT2D eigenvalue weighted by Gasteiger charge is -2.24. The van der Waals surface area contributed by atoms with E-state index in [0.717, 1.165) is 0 Å². The zero-order valence-electron chi connectivity index (χ0n) is 14.8. The first-order chi connectivity index (χ1) is 11.2. The lowest BCUT2D eigenvalue weighted by atomic mass is 10.1. The molecule has 24 heavy (non-hydrogen) atoms. The topological polar surface area (TPSA) is 87.0 Å². The van der Waals surface area contributed by atoms with Crippen LogP contribution < -0.4 is 4.90 Å². The van der Waals surface area contributed by atoms with Crippen molar-refractivity contribution in [2.45, 2.75) is 13.8 Å². The Balaban J connectivity index is 3.10. The van der Waals surface area contributed by atoms with Gasteiger partial charge in [-0.3, -0.25) is 19.7 Å². The Morgan fingerprint density at radius 2 is 1.71 bits per heavy atom. The van der Waals surface area contributed by atoms with Crippen LogP contribution in [0.25, 0.3) is 0 Å². The zero-order valence-corrected chi connectivity index (χ0v) is 14.8. The summed E-state index contributed by atoms with van der Waals surface area (Å²) in [6, 6.07) is 4.13. The van der Waals surface area contributed by atoms with Crippen molar-refractivity contribution in [3.63, 3.8) is 0 Å². The van der Waals surface area contributed by atoms with E-state index in [0.29, 0.717) is 18.8 Å². The summed E-state index contributed by atoms with van der Waals surface area (Å²) in [7, 11) is 5.01. The summed E-state index contributed by atoms with van der Waals surface area (Å²) >= 11 is 0. The molecular formula is C16H24N4O4. The number of hydrogen-bond acceptors (Lipinski definition) is 5. The Bertz CT molecular complexity index is 627. The van der Waals surface area contributed by atoms with Crippen molar-refractivity contribution >= 4 is 23.2 Å². The molecule has 0 atom stereocenters. The van der Waals surface area contributed by atoms with Crippen molar-refractivity contribution in [1.82, 2.24) is 9.80 Å². The van der Waals surface area contributed by atoms with Crippen LogP contribution in [-0.4, -0.2) is 67.3 Å². The maximum absolute atomic E-state index is 12.7. The molecule has 1 rings (SSSR count). The molecule has 8 heteroatoms. The summed E-state index contributed by atoms with van der Waals surface area (Å²) in [5.74, 6) is -0.587. The number of nitro benzene ring substituents is 1. The summed E-state index contributed by atoms with van der Waals surface area (Å²) in [6.45, 7) is 4.80. The molecule has 1 aromatic carbocycles. The van der Waals surface area contributed by atoms with Crippen molar-refractivity contribution in [3.8, 4) is 0 Å². The first-order valence-corrected chi connectivity index (χ1v) is 7.71. The summed E-state index contributed by atoms with van der Waals surface area (Å²) in [4.78, 5) is 39.9. The van der Waals surface area contributed by atoms with E-state index >= 15 is 0 Å². The minimum Gasteiger partial charge on any atom is -0.377 e. The third-order valence-corrected chi connectivity index (χ3v) is 3.74. The fraction of sp³-hybridized carbons (Fsp3) is 0.500. The number of amides is 2. The minimum absolute atomic E-state index is 0.0733. The Morgan fingerprint density at radius 3 is 2.17 bits per heavy atom. The summed E-state index contributed by atoms with van der Waals surface area (Å²) in [5, 5.41) is 11.0. The SMILES string of the molecule is CCN(CC)C(=O)CN(C)C(=O)c1cc([N+](=O)[O-])ccc1N(C)C. The van der Waals surface area contributed by atoms with Crippen molar-refractivity contribution in [2.24, 2.45) is 0 Å². The first-order valence-electron chi connectivity index (χ1n) is 7.71. The van der Waals surface area contributed by atoms with Gasteiger partial charge in [-0.25, -0.2) is 0 Å². The fourth-order valence-corrected chi connectivity index (χ4v) is 2.36. The van der Waals surface area contributed by atoms with Gasteiger partial charge in [0.25, 0.3) is 11.6 Å². The molecule has 0 fully saturated rings. The van der Waals surface area contributed by atoms with E-state index in [2.05, 4.69) is 0 Å². The normalized spacial score (nSPS) is 10.2. The number of carbonyl (C=O) groups excluding carboxylic acids is 2. The van der Waals surface area contributed by atoms with Crippen LogP contribution in [0.15, 0.2) is 18.2 Å². The molecule has 0 aliphatic carbocycles. The highest BCUT2D eigenvalue weighted by Gasteiger charge is 2.23. The molecule has 0 saturated carbocycles. The van der Waals surface area contributed by atoms with Crippen LogP contribution >= 0.6 is 0 Å². The van der Waals surface area contributed by atoms with Crippen molar-refractivity contribution < 1.29 is 14.5 Å². The van der Waals surface area contributed by atoms with Crippen molar-refractivity contribution in [2.75, 3.05) is 45.7 Å². The van der Waals surface area contributed by atoms with Gasteiger partial charge in [-0.15, -0.1) is 0 Å². The van der Waals surface area contributed by atoms with Gasteiger partial charge in [-0.1, -0.05) is 0 Å². The number of hydrogen-bond donors (Lipinski definition) is 0. The Labute approximate surface area is 141 Å². The van der Waals surface area contributed by atoms with Gasteiger partial charge in [0, 0.05) is 52.1 Å². The van der Waals surface area contributed by atoms with E-state index in [1.165, 1.54) is 30.1 Å². The van der Waals surface area contributed by atoms with Gasteiger partial charge in [0.15, 0.2) is 0 Å². The van der Waals surface area contributed by atoms with Gasteiger partial charge in [-0.2, -0.15) is 0 Å². The number of anilines is 1. The molecule has 0 bridgehead atoms. The number of benzene rings is 1. The van der Waals surface area contributed by atoms with Gasteiger partial charge in [0.1, 0.15) is 0 Å². The van der Waals surface area contributed by atoms with Crippen LogP contribution in [0.3, 0.4) is 0 Å². The summed E-state index contributed by atoms with van der Waals surface area (Å²) < 4.78 is 0. The molecule has 0 radical (unpaired) electrons. The molecule has 0 N–H and O–H groups in total. The second-order valence-corrected chi connectivity index (χ2v) is 5.58. The summed E-state index contributed by atoms with van der Waals surface area (Å²) in [6.07, 6.45) is 0. The second kappa shape index (κ2) is 8.28. The minimum atomic E-state index is -0.544. The number of carbonyl (C=O) groups is 2. The lowest BCUT2D eigenvalue weighted by Crippen LogP contribution is -2.41. The third-order valence-electron chi connectivity index (χ3n) is 3.74. The molecule has 8 nitrogen and oxygen atoms in total. The molecule has 0 aliphatic heterocycles. The smallest absolute Gasteiger partial charge is 0.270 e. The lowest BCUT2D eigenvalue weighted by molar-refractivity contribution is -0.384. The summed E-state index contributed by atoms with van der Waals surface area (Å²) in [5.41, 5.74) is 0.601. The molecular weight excluding hydrogens is 312 g/mol. The van der Waals surface area contributed by atoms with E-state index in [-0.39, 0.29) is 23.7 Å². The molecule has 0 heterocycles. The van der Waals surface area contributed by atoms with E-state index < -0.39 is 10.8 Å². The van der Waals surface area contributed by atoms with E-state index in [4.69, 9.17) is 0 Å². The standard InChI is InChI=1S/C16H24N4O4/c1-6-19(7-2)15(21)11-18(5)16(22)13-10-12(20(23)24)8-9-14(13)17(3)4/h8-10H,6-7,11H2,1-5H3. The number of non-ortho nitro benzene ring substituents is 1. The van der Waals surface area contributed by atoms with Gasteiger partial charge >= 0.3 is 0 Å². The van der Waals surface area contributed by atoms with E-state index in [9.17, 15) is 19.7 Å². The third kappa shape index (κ3) is 4.43. The van der Waals surface area contributed by atoms with E-state index in [1.54, 1.807) is 23.9 Å². The molecule has 1 aromatic rings. The predicted molar refractivity (Wildman–Crippen MR) is 92.3 cm³/mol. The Morgan fingerprint density at radius 1 is 1.12 bits per heavy atom. The van der Waals surface area contributed by atoms with E-state index in [1.807, 2.05) is 13.8 Å². The molecule has 0 unspecified atom stereocenters. The van der Waals surface area contributed by atoms with Gasteiger partial charge in [-0.05, 0) is 19.9 Å². The Kier molecular flexibility index (Phi) is 6.69. The van der Waals surface area contributed by atoms with Crippen LogP contribution in [-0.2, 0) is 4.79 Å². The molecule has 0 spiro atoms. The second-order valence-electron chi connectivity index (χ2n) is 5.58. The molecule has 0 aliphatic rings. The van der Waals surface area contributed by atoms with Crippen LogP contribution in [0.1, 0.15) is 24.2 Å². The highest BCUT2D eigenvalue weighted by molar-refractivity contribution is 6.01. The maximum atomic E-state index is 12.7. The zero-order chi connectivity index (χ0) is 18.4. The first kappa shape index (κ1) is 19.4. The molecule has 0 aromatic heterocycles. The maximum Gasteiger partial charge on any atom is 0.270 e. The van der Waals surface area contributed by atoms with Gasteiger partial charge in [0.05, 0.1) is 17.0 Å². The predicted octanol–water partition coefficient (Wildman–Crippen LogP) is 1.60. The quantitative estimate of drug-likeness (QED) is 0.557.